The van der Waals surface area contributed by atoms with Gasteiger partial charge in [0.2, 0.25) is 5.91 Å². The summed E-state index contributed by atoms with van der Waals surface area (Å²) in [6.45, 7) is 11.8. The van der Waals surface area contributed by atoms with Gasteiger partial charge in [0.05, 0.1) is 5.41 Å². The maximum atomic E-state index is 13.5. The molecule has 0 bridgehead atoms. The van der Waals surface area contributed by atoms with Gasteiger partial charge in [-0.25, -0.2) is 10.3 Å². The molecule has 2 heterocycles. The zero-order valence-corrected chi connectivity index (χ0v) is 23.0. The second-order valence-electron chi connectivity index (χ2n) is 10.9. The number of likely N-dealkylation sites (tertiary alicyclic amines) is 1. The molecule has 1 aromatic carbocycles. The predicted octanol–water partition coefficient (Wildman–Crippen LogP) is 3.56. The molecule has 1 aromatic heterocycles. The molecule has 2 aromatic rings. The van der Waals surface area contributed by atoms with Crippen LogP contribution in [0.15, 0.2) is 36.4 Å². The van der Waals surface area contributed by atoms with E-state index in [9.17, 15) is 19.6 Å². The first-order chi connectivity index (χ1) is 17.8. The number of aromatic nitrogens is 1. The first-order valence-corrected chi connectivity index (χ1v) is 12.7. The number of nitrogens with one attached hydrogen (secondary N) is 2. The summed E-state index contributed by atoms with van der Waals surface area (Å²) < 4.78 is 11.1. The highest BCUT2D eigenvalue weighted by atomic mass is 16.6. The van der Waals surface area contributed by atoms with E-state index in [1.54, 1.807) is 26.3 Å². The number of carbonyl (C=O) groups is 3. The molecule has 1 saturated heterocycles. The largest absolute Gasteiger partial charge is 0.489 e. The molecule has 10 nitrogen and oxygen atoms in total. The number of amides is 3. The third-order valence-electron chi connectivity index (χ3n) is 6.50. The van der Waals surface area contributed by atoms with E-state index < -0.39 is 29.1 Å². The molecule has 2 unspecified atom stereocenters. The van der Waals surface area contributed by atoms with Gasteiger partial charge in [0.15, 0.2) is 0 Å². The van der Waals surface area contributed by atoms with Gasteiger partial charge >= 0.3 is 6.09 Å². The molecular formula is C28H38N4O6. The number of nitrogens with zero attached hydrogens (tertiary/aromatic N) is 2. The van der Waals surface area contributed by atoms with E-state index in [0.717, 1.165) is 22.5 Å². The number of aryl methyl sites for hydroxylation is 2. The normalized spacial score (nSPS) is 18.2. The van der Waals surface area contributed by atoms with Crippen molar-refractivity contribution in [1.29, 1.82) is 0 Å². The molecule has 2 atom stereocenters. The number of rotatable bonds is 9. The summed E-state index contributed by atoms with van der Waals surface area (Å²) in [6.07, 6.45) is -0.000397. The Bertz CT molecular complexity index is 1140. The zero-order valence-electron chi connectivity index (χ0n) is 23.0. The summed E-state index contributed by atoms with van der Waals surface area (Å²) in [5.74, 6) is -0.254. The van der Waals surface area contributed by atoms with Crippen LogP contribution in [0.4, 0.5) is 4.79 Å². The Morgan fingerprint density at radius 3 is 2.37 bits per heavy atom. The predicted molar refractivity (Wildman–Crippen MR) is 141 cm³/mol. The highest BCUT2D eigenvalue weighted by Gasteiger charge is 2.47. The minimum atomic E-state index is -0.945. The number of alkyl carbamates (subject to hydrolysis) is 1. The van der Waals surface area contributed by atoms with E-state index in [4.69, 9.17) is 9.47 Å². The molecule has 206 valence electrons. The third-order valence-corrected chi connectivity index (χ3v) is 6.50. The molecule has 0 saturated carbocycles. The second-order valence-corrected chi connectivity index (χ2v) is 10.9. The van der Waals surface area contributed by atoms with Crippen LogP contribution in [0.5, 0.6) is 5.75 Å². The lowest BCUT2D eigenvalue weighted by Gasteiger charge is -2.29. The SMILES string of the molecule is Cc1cc(COc2ccc(C3(C)CCN(C(CCNC(=O)OC(C)(C)C)C(=O)NO)C3=O)cc2)cc(C)n1. The van der Waals surface area contributed by atoms with Gasteiger partial charge < -0.3 is 19.7 Å². The maximum absolute atomic E-state index is 13.5. The van der Waals surface area contributed by atoms with E-state index in [1.807, 2.05) is 57.2 Å². The van der Waals surface area contributed by atoms with Crippen molar-refractivity contribution in [3.8, 4) is 5.75 Å². The van der Waals surface area contributed by atoms with E-state index >= 15 is 0 Å². The summed E-state index contributed by atoms with van der Waals surface area (Å²) in [4.78, 5) is 43.8. The van der Waals surface area contributed by atoms with Crippen LogP contribution in [0.25, 0.3) is 0 Å². The Morgan fingerprint density at radius 2 is 1.79 bits per heavy atom. The number of hydrogen-bond acceptors (Lipinski definition) is 7. The van der Waals surface area contributed by atoms with E-state index in [2.05, 4.69) is 10.3 Å². The first kappa shape index (κ1) is 28.9. The van der Waals surface area contributed by atoms with Crippen molar-refractivity contribution in [2.75, 3.05) is 13.1 Å². The Labute approximate surface area is 223 Å². The average molecular weight is 527 g/mol. The van der Waals surface area contributed by atoms with Crippen molar-refractivity contribution in [2.45, 2.75) is 78.0 Å². The van der Waals surface area contributed by atoms with Gasteiger partial charge in [-0.15, -0.1) is 0 Å². The molecule has 1 aliphatic rings. The number of hydroxylamine groups is 1. The monoisotopic (exact) mass is 526 g/mol. The highest BCUT2D eigenvalue weighted by molar-refractivity contribution is 5.94. The first-order valence-electron chi connectivity index (χ1n) is 12.7. The van der Waals surface area contributed by atoms with Gasteiger partial charge in [0.1, 0.15) is 24.0 Å². The molecule has 3 N–H and O–H groups in total. The Balaban J connectivity index is 1.65. The molecule has 3 amide bonds. The van der Waals surface area contributed by atoms with Crippen molar-refractivity contribution in [2.24, 2.45) is 0 Å². The Kier molecular flexibility index (Phi) is 8.98. The lowest BCUT2D eigenvalue weighted by Crippen LogP contribution is -2.50. The van der Waals surface area contributed by atoms with Gasteiger partial charge in [-0.1, -0.05) is 12.1 Å². The van der Waals surface area contributed by atoms with Gasteiger partial charge in [0.25, 0.3) is 5.91 Å². The Hall–Kier alpha value is -3.66. The number of benzene rings is 1. The molecular weight excluding hydrogens is 488 g/mol. The van der Waals surface area contributed by atoms with Gasteiger partial charge in [-0.05, 0) is 89.8 Å². The van der Waals surface area contributed by atoms with Crippen LogP contribution in [0, 0.1) is 13.8 Å². The van der Waals surface area contributed by atoms with Gasteiger partial charge in [-0.2, -0.15) is 0 Å². The van der Waals surface area contributed by atoms with Crippen LogP contribution >= 0.6 is 0 Å². The van der Waals surface area contributed by atoms with Crippen molar-refractivity contribution in [3.63, 3.8) is 0 Å². The topological polar surface area (TPSA) is 130 Å². The van der Waals surface area contributed by atoms with E-state index in [0.29, 0.717) is 25.3 Å². The van der Waals surface area contributed by atoms with Crippen LogP contribution in [0.2, 0.25) is 0 Å². The minimum Gasteiger partial charge on any atom is -0.489 e. The van der Waals surface area contributed by atoms with Crippen LogP contribution in [0.3, 0.4) is 0 Å². The molecule has 10 heteroatoms. The van der Waals surface area contributed by atoms with Crippen LogP contribution in [0.1, 0.15) is 63.1 Å². The third kappa shape index (κ3) is 7.22. The number of hydrogen-bond donors (Lipinski definition) is 3. The van der Waals surface area contributed by atoms with Crippen LogP contribution < -0.4 is 15.5 Å². The molecule has 38 heavy (non-hydrogen) atoms. The maximum Gasteiger partial charge on any atom is 0.407 e. The van der Waals surface area contributed by atoms with Gasteiger partial charge in [0, 0.05) is 24.5 Å². The average Bonchev–Trinajstić information content (AvgIpc) is 3.14. The highest BCUT2D eigenvalue weighted by Crippen LogP contribution is 2.37. The second kappa shape index (κ2) is 11.8. The standard InChI is InChI=1S/C28H38N4O6/c1-18-15-20(16-19(2)30-18)17-37-22-9-7-21(8-10-22)28(6)12-14-32(25(28)34)23(24(33)31-36)11-13-29-26(35)38-27(3,4)5/h7-10,15-16,23,36H,11-14,17H2,1-6H3,(H,29,35)(H,31,33). The van der Waals surface area contributed by atoms with Gasteiger partial charge in [-0.3, -0.25) is 19.8 Å². The van der Waals surface area contributed by atoms with E-state index in [1.165, 1.54) is 4.90 Å². The summed E-state index contributed by atoms with van der Waals surface area (Å²) in [5, 5.41) is 11.9. The fourth-order valence-corrected chi connectivity index (χ4v) is 4.65. The minimum absolute atomic E-state index is 0.0933. The fourth-order valence-electron chi connectivity index (χ4n) is 4.65. The number of ether oxygens (including phenoxy) is 2. The molecule has 3 rings (SSSR count). The fraction of sp³-hybridized carbons (Fsp3) is 0.500. The summed E-state index contributed by atoms with van der Waals surface area (Å²) in [6, 6.07) is 10.4. The smallest absolute Gasteiger partial charge is 0.407 e. The van der Waals surface area contributed by atoms with E-state index in [-0.39, 0.29) is 18.9 Å². The number of pyridine rings is 1. The molecule has 0 spiro atoms. The zero-order chi connectivity index (χ0) is 28.1. The summed E-state index contributed by atoms with van der Waals surface area (Å²) in [7, 11) is 0. The lowest BCUT2D eigenvalue weighted by atomic mass is 9.81. The van der Waals surface area contributed by atoms with Crippen molar-refractivity contribution in [3.05, 3.63) is 58.9 Å². The Morgan fingerprint density at radius 1 is 1.16 bits per heavy atom. The molecule has 1 aliphatic heterocycles. The molecule has 0 aliphatic carbocycles. The number of carbonyl (C=O) groups excluding carboxylic acids is 3. The quantitative estimate of drug-likeness (QED) is 0.336. The van der Waals surface area contributed by atoms with Crippen molar-refractivity contribution >= 4 is 17.9 Å². The summed E-state index contributed by atoms with van der Waals surface area (Å²) in [5.41, 5.74) is 3.86. The van der Waals surface area contributed by atoms with Crippen molar-refractivity contribution in [1.82, 2.24) is 20.7 Å². The van der Waals surface area contributed by atoms with Crippen LogP contribution in [-0.4, -0.2) is 57.7 Å². The van der Waals surface area contributed by atoms with Crippen LogP contribution in [-0.2, 0) is 26.3 Å². The molecule has 0 radical (unpaired) electrons. The lowest BCUT2D eigenvalue weighted by molar-refractivity contribution is -0.144. The summed E-state index contributed by atoms with van der Waals surface area (Å²) >= 11 is 0. The molecule has 1 fully saturated rings. The van der Waals surface area contributed by atoms with Crippen molar-refractivity contribution < 1.29 is 29.1 Å².